The molecule has 0 radical (unpaired) electrons. The van der Waals surface area contributed by atoms with Crippen LogP contribution in [0.2, 0.25) is 0 Å². The Morgan fingerprint density at radius 1 is 1.05 bits per heavy atom. The molecule has 19 heavy (non-hydrogen) atoms. The van der Waals surface area contributed by atoms with Crippen LogP contribution in [0.25, 0.3) is 0 Å². The number of rotatable bonds is 4. The molecule has 1 spiro atoms. The Hall–Kier alpha value is 0.150. The van der Waals surface area contributed by atoms with Gasteiger partial charge in [0.2, 0.25) is 0 Å². The van der Waals surface area contributed by atoms with Gasteiger partial charge in [-0.25, -0.2) is 0 Å². The summed E-state index contributed by atoms with van der Waals surface area (Å²) in [6, 6.07) is 0. The molecule has 0 amide bonds. The molecule has 0 N–H and O–H groups in total. The molecule has 0 aliphatic carbocycles. The fraction of sp³-hybridized carbons (Fsp3) is 1.00. The standard InChI is InChI=1S/C13H25N2O3S/c1-5-16-6-2-14(1)11-19-10-13-9-15(12-18-13)3-7-17-8-4-15/h13H,1-12H2/q+1. The molecule has 5 nitrogen and oxygen atoms in total. The van der Waals surface area contributed by atoms with Crippen molar-refractivity contribution < 1.29 is 18.7 Å². The zero-order valence-corrected chi connectivity index (χ0v) is 12.4. The van der Waals surface area contributed by atoms with Crippen LogP contribution in [0.1, 0.15) is 0 Å². The van der Waals surface area contributed by atoms with Gasteiger partial charge in [-0.05, 0) is 0 Å². The van der Waals surface area contributed by atoms with Crippen molar-refractivity contribution in [1.82, 2.24) is 4.90 Å². The summed E-state index contributed by atoms with van der Waals surface area (Å²) in [6.45, 7) is 10.1. The second-order valence-electron chi connectivity index (χ2n) is 5.73. The van der Waals surface area contributed by atoms with Gasteiger partial charge in [0.05, 0.1) is 26.4 Å². The first-order valence-electron chi connectivity index (χ1n) is 7.29. The first kappa shape index (κ1) is 14.1. The van der Waals surface area contributed by atoms with E-state index in [0.717, 1.165) is 75.5 Å². The van der Waals surface area contributed by atoms with Crippen molar-refractivity contribution in [2.24, 2.45) is 0 Å². The molecule has 3 rings (SSSR count). The summed E-state index contributed by atoms with van der Waals surface area (Å²) in [5.74, 6) is 2.24. The van der Waals surface area contributed by atoms with Crippen LogP contribution < -0.4 is 0 Å². The number of morpholine rings is 2. The van der Waals surface area contributed by atoms with Gasteiger partial charge in [-0.1, -0.05) is 0 Å². The summed E-state index contributed by atoms with van der Waals surface area (Å²) in [7, 11) is 0. The minimum absolute atomic E-state index is 0.434. The lowest BCUT2D eigenvalue weighted by Gasteiger charge is -2.35. The molecule has 6 heteroatoms. The monoisotopic (exact) mass is 289 g/mol. The number of quaternary nitrogens is 1. The second-order valence-corrected chi connectivity index (χ2v) is 6.73. The molecule has 3 heterocycles. The van der Waals surface area contributed by atoms with E-state index < -0.39 is 0 Å². The minimum atomic E-state index is 0.434. The Kier molecular flexibility index (Phi) is 5.00. The molecule has 0 aromatic carbocycles. The third-order valence-electron chi connectivity index (χ3n) is 4.28. The summed E-state index contributed by atoms with van der Waals surface area (Å²) in [4.78, 5) is 2.47. The fourth-order valence-electron chi connectivity index (χ4n) is 2.99. The highest BCUT2D eigenvalue weighted by Gasteiger charge is 2.40. The summed E-state index contributed by atoms with van der Waals surface area (Å²) >= 11 is 2.01. The maximum absolute atomic E-state index is 5.99. The molecule has 0 aromatic rings. The average Bonchev–Trinajstić information content (AvgIpc) is 2.84. The summed E-state index contributed by atoms with van der Waals surface area (Å²) in [6.07, 6.45) is 0.434. The van der Waals surface area contributed by atoms with E-state index in [0.29, 0.717) is 6.10 Å². The van der Waals surface area contributed by atoms with E-state index in [1.54, 1.807) is 0 Å². The van der Waals surface area contributed by atoms with E-state index in [-0.39, 0.29) is 0 Å². The summed E-state index contributed by atoms with van der Waals surface area (Å²) < 4.78 is 17.9. The molecule has 3 aliphatic rings. The van der Waals surface area contributed by atoms with E-state index in [2.05, 4.69) is 4.90 Å². The number of nitrogens with zero attached hydrogens (tertiary/aromatic N) is 2. The van der Waals surface area contributed by atoms with E-state index in [1.807, 2.05) is 11.8 Å². The van der Waals surface area contributed by atoms with Gasteiger partial charge in [0, 0.05) is 24.7 Å². The predicted molar refractivity (Wildman–Crippen MR) is 75.1 cm³/mol. The fourth-order valence-corrected chi connectivity index (χ4v) is 4.07. The Balaban J connectivity index is 1.35. The molecular formula is C13H25N2O3S+. The molecule has 0 bridgehead atoms. The SMILES string of the molecule is C1CN(CSCC2C[N+]3(CCOCC3)CO2)CCO1. The zero-order chi connectivity index (χ0) is 13.0. The van der Waals surface area contributed by atoms with Gasteiger partial charge in [0.1, 0.15) is 25.7 Å². The van der Waals surface area contributed by atoms with Gasteiger partial charge in [0.15, 0.2) is 6.73 Å². The van der Waals surface area contributed by atoms with Crippen LogP contribution in [0.3, 0.4) is 0 Å². The first-order valence-corrected chi connectivity index (χ1v) is 8.44. The van der Waals surface area contributed by atoms with Crippen LogP contribution in [0, 0.1) is 0 Å². The van der Waals surface area contributed by atoms with Crippen LogP contribution in [0.4, 0.5) is 0 Å². The first-order chi connectivity index (χ1) is 9.36. The molecule has 1 atom stereocenters. The molecule has 3 saturated heterocycles. The second kappa shape index (κ2) is 6.74. The molecular weight excluding hydrogens is 264 g/mol. The van der Waals surface area contributed by atoms with Crippen molar-refractivity contribution in [2.75, 3.05) is 77.5 Å². The van der Waals surface area contributed by atoms with Crippen molar-refractivity contribution in [1.29, 1.82) is 0 Å². The van der Waals surface area contributed by atoms with Crippen molar-refractivity contribution in [3.8, 4) is 0 Å². The van der Waals surface area contributed by atoms with Crippen LogP contribution in [0.15, 0.2) is 0 Å². The third-order valence-corrected chi connectivity index (χ3v) is 5.43. The van der Waals surface area contributed by atoms with Gasteiger partial charge in [-0.2, -0.15) is 0 Å². The normalized spacial score (nSPS) is 31.9. The number of thioether (sulfide) groups is 1. The number of hydrogen-bond acceptors (Lipinski definition) is 5. The predicted octanol–water partition coefficient (Wildman–Crippen LogP) is 0.213. The Bertz CT molecular complexity index is 281. The third kappa shape index (κ3) is 3.83. The Morgan fingerprint density at radius 3 is 2.58 bits per heavy atom. The highest BCUT2D eigenvalue weighted by molar-refractivity contribution is 7.99. The van der Waals surface area contributed by atoms with E-state index in [4.69, 9.17) is 14.2 Å². The topological polar surface area (TPSA) is 30.9 Å². The number of hydrogen-bond donors (Lipinski definition) is 0. The van der Waals surface area contributed by atoms with Crippen LogP contribution in [-0.2, 0) is 14.2 Å². The van der Waals surface area contributed by atoms with E-state index >= 15 is 0 Å². The smallest absolute Gasteiger partial charge is 0.184 e. The molecule has 0 aromatic heterocycles. The molecule has 1 unspecified atom stereocenters. The minimum Gasteiger partial charge on any atom is -0.379 e. The van der Waals surface area contributed by atoms with Crippen LogP contribution in [0.5, 0.6) is 0 Å². The van der Waals surface area contributed by atoms with Crippen molar-refractivity contribution >= 4 is 11.8 Å². The van der Waals surface area contributed by atoms with Gasteiger partial charge in [-0.3, -0.25) is 9.38 Å². The van der Waals surface area contributed by atoms with Crippen molar-refractivity contribution in [2.45, 2.75) is 6.10 Å². The van der Waals surface area contributed by atoms with Gasteiger partial charge < -0.3 is 14.2 Å². The Morgan fingerprint density at radius 2 is 1.79 bits per heavy atom. The quantitative estimate of drug-likeness (QED) is 0.691. The van der Waals surface area contributed by atoms with E-state index in [1.165, 1.54) is 6.54 Å². The maximum atomic E-state index is 5.99. The zero-order valence-electron chi connectivity index (χ0n) is 11.6. The number of ether oxygens (including phenoxy) is 3. The van der Waals surface area contributed by atoms with Gasteiger partial charge in [0.25, 0.3) is 0 Å². The molecule has 110 valence electrons. The van der Waals surface area contributed by atoms with Crippen molar-refractivity contribution in [3.63, 3.8) is 0 Å². The maximum Gasteiger partial charge on any atom is 0.184 e. The lowest BCUT2D eigenvalue weighted by atomic mass is 10.3. The average molecular weight is 289 g/mol. The lowest BCUT2D eigenvalue weighted by Crippen LogP contribution is -2.53. The van der Waals surface area contributed by atoms with Crippen molar-refractivity contribution in [3.05, 3.63) is 0 Å². The Labute approximate surface area is 119 Å². The van der Waals surface area contributed by atoms with Gasteiger partial charge in [-0.15, -0.1) is 11.8 Å². The highest BCUT2D eigenvalue weighted by atomic mass is 32.2. The van der Waals surface area contributed by atoms with E-state index in [9.17, 15) is 0 Å². The molecule has 3 fully saturated rings. The van der Waals surface area contributed by atoms with Crippen LogP contribution >= 0.6 is 11.8 Å². The van der Waals surface area contributed by atoms with Crippen LogP contribution in [-0.4, -0.2) is 93.0 Å². The van der Waals surface area contributed by atoms with Gasteiger partial charge >= 0.3 is 0 Å². The summed E-state index contributed by atoms with van der Waals surface area (Å²) in [5, 5.41) is 0. The highest BCUT2D eigenvalue weighted by Crippen LogP contribution is 2.23. The summed E-state index contributed by atoms with van der Waals surface area (Å²) in [5.41, 5.74) is 0. The largest absolute Gasteiger partial charge is 0.379 e. The lowest BCUT2D eigenvalue weighted by molar-refractivity contribution is -0.932. The molecule has 0 saturated carbocycles. The molecule has 3 aliphatic heterocycles.